The van der Waals surface area contributed by atoms with Crippen LogP contribution in [0.5, 0.6) is 11.5 Å². The van der Waals surface area contributed by atoms with E-state index in [4.69, 9.17) is 9.47 Å². The number of nitrogens with one attached hydrogen (secondary N) is 2. The van der Waals surface area contributed by atoms with Crippen LogP contribution in [0.1, 0.15) is 19.2 Å². The van der Waals surface area contributed by atoms with Crippen molar-refractivity contribution in [2.45, 2.75) is 24.9 Å². The molecule has 8 heteroatoms. The molecule has 22 heavy (non-hydrogen) atoms. The molecule has 0 spiro atoms. The van der Waals surface area contributed by atoms with Crippen molar-refractivity contribution in [1.82, 2.24) is 15.2 Å². The Morgan fingerprint density at radius 3 is 3.14 bits per heavy atom. The Bertz CT molecular complexity index is 674. The van der Waals surface area contributed by atoms with Gasteiger partial charge in [0.2, 0.25) is 17.9 Å². The topological polar surface area (TPSA) is 89.1 Å². The van der Waals surface area contributed by atoms with E-state index in [2.05, 4.69) is 27.4 Å². The SMILES string of the molecule is CCCc1nc(SCC(=O)Nc2ccc3c(c2)OCO3)n[nH]1. The third kappa shape index (κ3) is 3.51. The van der Waals surface area contributed by atoms with E-state index in [0.717, 1.165) is 18.7 Å². The maximum atomic E-state index is 11.9. The molecule has 1 amide bonds. The first-order valence-corrected chi connectivity index (χ1v) is 7.96. The molecule has 3 rings (SSSR count). The fourth-order valence-corrected chi connectivity index (χ4v) is 2.61. The maximum absolute atomic E-state index is 11.9. The van der Waals surface area contributed by atoms with Gasteiger partial charge >= 0.3 is 0 Å². The molecule has 0 fully saturated rings. The predicted molar refractivity (Wildman–Crippen MR) is 82.3 cm³/mol. The average Bonchev–Trinajstić information content (AvgIpc) is 3.14. The van der Waals surface area contributed by atoms with Gasteiger partial charge in [-0.05, 0) is 18.6 Å². The molecule has 7 nitrogen and oxygen atoms in total. The first-order chi connectivity index (χ1) is 10.7. The molecule has 116 valence electrons. The molecule has 1 aromatic carbocycles. The molecule has 1 aromatic heterocycles. The summed E-state index contributed by atoms with van der Waals surface area (Å²) >= 11 is 1.30. The van der Waals surface area contributed by atoms with Crippen molar-refractivity contribution in [2.24, 2.45) is 0 Å². The zero-order valence-electron chi connectivity index (χ0n) is 12.1. The number of anilines is 1. The lowest BCUT2D eigenvalue weighted by atomic mass is 10.3. The fourth-order valence-electron chi connectivity index (χ4n) is 1.99. The number of rotatable bonds is 6. The standard InChI is InChI=1S/C14H16N4O3S/c1-2-3-12-16-14(18-17-12)22-7-13(19)15-9-4-5-10-11(6-9)21-8-20-10/h4-6H,2-3,7-8H2,1H3,(H,15,19)(H,16,17,18). The molecule has 2 aromatic rings. The fraction of sp³-hybridized carbons (Fsp3) is 0.357. The summed E-state index contributed by atoms with van der Waals surface area (Å²) in [6, 6.07) is 5.30. The number of hydrogen-bond acceptors (Lipinski definition) is 6. The van der Waals surface area contributed by atoms with E-state index < -0.39 is 0 Å². The van der Waals surface area contributed by atoms with Crippen LogP contribution in [-0.4, -0.2) is 33.6 Å². The van der Waals surface area contributed by atoms with Crippen LogP contribution < -0.4 is 14.8 Å². The van der Waals surface area contributed by atoms with Gasteiger partial charge in [0.1, 0.15) is 5.82 Å². The van der Waals surface area contributed by atoms with Crippen LogP contribution in [-0.2, 0) is 11.2 Å². The van der Waals surface area contributed by atoms with Crippen LogP contribution in [0.25, 0.3) is 0 Å². The van der Waals surface area contributed by atoms with Crippen molar-refractivity contribution in [3.63, 3.8) is 0 Å². The Morgan fingerprint density at radius 2 is 2.27 bits per heavy atom. The number of hydrogen-bond donors (Lipinski definition) is 2. The molecule has 0 atom stereocenters. The van der Waals surface area contributed by atoms with Crippen molar-refractivity contribution in [3.8, 4) is 11.5 Å². The van der Waals surface area contributed by atoms with Gasteiger partial charge in [-0.1, -0.05) is 18.7 Å². The Hall–Kier alpha value is -2.22. The van der Waals surface area contributed by atoms with Gasteiger partial charge in [-0.2, -0.15) is 0 Å². The highest BCUT2D eigenvalue weighted by molar-refractivity contribution is 7.99. The summed E-state index contributed by atoms with van der Waals surface area (Å²) in [6.45, 7) is 2.29. The number of carbonyl (C=O) groups excluding carboxylic acids is 1. The Balaban J connectivity index is 1.51. The summed E-state index contributed by atoms with van der Waals surface area (Å²) < 4.78 is 10.5. The third-order valence-electron chi connectivity index (χ3n) is 2.99. The second kappa shape index (κ2) is 6.69. The normalized spacial score (nSPS) is 12.4. The molecule has 0 saturated heterocycles. The Morgan fingerprint density at radius 1 is 1.41 bits per heavy atom. The minimum atomic E-state index is -0.120. The minimum Gasteiger partial charge on any atom is -0.454 e. The third-order valence-corrected chi connectivity index (χ3v) is 3.83. The summed E-state index contributed by atoms with van der Waals surface area (Å²) in [6.07, 6.45) is 1.86. The van der Waals surface area contributed by atoms with Crippen molar-refractivity contribution in [3.05, 3.63) is 24.0 Å². The van der Waals surface area contributed by atoms with Crippen LogP contribution >= 0.6 is 11.8 Å². The molecule has 0 bridgehead atoms. The van der Waals surface area contributed by atoms with E-state index in [1.165, 1.54) is 11.8 Å². The zero-order chi connectivity index (χ0) is 15.4. The number of aromatic amines is 1. The molecule has 0 radical (unpaired) electrons. The van der Waals surface area contributed by atoms with E-state index >= 15 is 0 Å². The van der Waals surface area contributed by atoms with E-state index in [1.807, 2.05) is 0 Å². The highest BCUT2D eigenvalue weighted by Crippen LogP contribution is 2.34. The van der Waals surface area contributed by atoms with Crippen LogP contribution in [0.3, 0.4) is 0 Å². The van der Waals surface area contributed by atoms with Crippen molar-refractivity contribution in [1.29, 1.82) is 0 Å². The molecule has 2 N–H and O–H groups in total. The summed E-state index contributed by atoms with van der Waals surface area (Å²) in [5.74, 6) is 2.31. The first-order valence-electron chi connectivity index (χ1n) is 6.98. The molecule has 2 heterocycles. The van der Waals surface area contributed by atoms with E-state index in [-0.39, 0.29) is 18.5 Å². The zero-order valence-corrected chi connectivity index (χ0v) is 12.9. The number of fused-ring (bicyclic) bond motifs is 1. The Kier molecular flexibility index (Phi) is 4.47. The van der Waals surface area contributed by atoms with Gasteiger partial charge in [0.05, 0.1) is 5.75 Å². The molecular formula is C14H16N4O3S. The largest absolute Gasteiger partial charge is 0.454 e. The van der Waals surface area contributed by atoms with Gasteiger partial charge in [0.25, 0.3) is 0 Å². The van der Waals surface area contributed by atoms with E-state index in [9.17, 15) is 4.79 Å². The lowest BCUT2D eigenvalue weighted by Gasteiger charge is -2.05. The summed E-state index contributed by atoms with van der Waals surface area (Å²) in [7, 11) is 0. The van der Waals surface area contributed by atoms with Crippen molar-refractivity contribution < 1.29 is 14.3 Å². The van der Waals surface area contributed by atoms with Gasteiger partial charge in [0, 0.05) is 18.2 Å². The molecule has 1 aliphatic heterocycles. The smallest absolute Gasteiger partial charge is 0.234 e. The maximum Gasteiger partial charge on any atom is 0.234 e. The summed E-state index contributed by atoms with van der Waals surface area (Å²) in [5.41, 5.74) is 0.677. The number of nitrogens with zero attached hydrogens (tertiary/aromatic N) is 2. The summed E-state index contributed by atoms with van der Waals surface area (Å²) in [5, 5.41) is 10.3. The number of thioether (sulfide) groups is 1. The number of benzene rings is 1. The average molecular weight is 320 g/mol. The molecule has 0 aliphatic carbocycles. The van der Waals surface area contributed by atoms with Crippen molar-refractivity contribution >= 4 is 23.4 Å². The number of carbonyl (C=O) groups is 1. The highest BCUT2D eigenvalue weighted by Gasteiger charge is 2.14. The second-order valence-electron chi connectivity index (χ2n) is 4.72. The molecule has 1 aliphatic rings. The number of amides is 1. The second-order valence-corrected chi connectivity index (χ2v) is 5.66. The van der Waals surface area contributed by atoms with Gasteiger partial charge in [-0.15, -0.1) is 5.10 Å². The number of aryl methyl sites for hydroxylation is 1. The molecule has 0 unspecified atom stereocenters. The van der Waals surface area contributed by atoms with Crippen molar-refractivity contribution in [2.75, 3.05) is 17.9 Å². The molecular weight excluding hydrogens is 304 g/mol. The highest BCUT2D eigenvalue weighted by atomic mass is 32.2. The van der Waals surface area contributed by atoms with Crippen LogP contribution in [0, 0.1) is 0 Å². The Labute approximate surface area is 131 Å². The lowest BCUT2D eigenvalue weighted by Crippen LogP contribution is -2.14. The quantitative estimate of drug-likeness (QED) is 0.793. The first kappa shape index (κ1) is 14.7. The van der Waals surface area contributed by atoms with Gasteiger partial charge < -0.3 is 14.8 Å². The van der Waals surface area contributed by atoms with E-state index in [1.54, 1.807) is 18.2 Å². The van der Waals surface area contributed by atoms with Crippen LogP contribution in [0.4, 0.5) is 5.69 Å². The van der Waals surface area contributed by atoms with Gasteiger partial charge in [0.15, 0.2) is 11.5 Å². The lowest BCUT2D eigenvalue weighted by molar-refractivity contribution is -0.113. The summed E-state index contributed by atoms with van der Waals surface area (Å²) in [4.78, 5) is 16.3. The number of ether oxygens (including phenoxy) is 2. The van der Waals surface area contributed by atoms with Gasteiger partial charge in [-0.3, -0.25) is 9.89 Å². The predicted octanol–water partition coefficient (Wildman–Crippen LogP) is 2.22. The monoisotopic (exact) mass is 320 g/mol. The van der Waals surface area contributed by atoms with E-state index in [0.29, 0.717) is 22.3 Å². The van der Waals surface area contributed by atoms with Crippen LogP contribution in [0.15, 0.2) is 23.4 Å². The molecule has 0 saturated carbocycles. The van der Waals surface area contributed by atoms with Crippen LogP contribution in [0.2, 0.25) is 0 Å². The minimum absolute atomic E-state index is 0.120. The number of H-pyrrole nitrogens is 1. The van der Waals surface area contributed by atoms with Gasteiger partial charge in [-0.25, -0.2) is 4.98 Å². The number of aromatic nitrogens is 3.